The van der Waals surface area contributed by atoms with Gasteiger partial charge in [0, 0.05) is 47.4 Å². The van der Waals surface area contributed by atoms with Gasteiger partial charge in [-0.1, -0.05) is 29.8 Å². The van der Waals surface area contributed by atoms with Crippen LogP contribution in [0.15, 0.2) is 48.5 Å². The molecule has 2 aromatic carbocycles. The maximum absolute atomic E-state index is 12.3. The van der Waals surface area contributed by atoms with Crippen LogP contribution in [0.4, 0.5) is 0 Å². The van der Waals surface area contributed by atoms with E-state index in [2.05, 4.69) is 17.0 Å². The van der Waals surface area contributed by atoms with Crippen LogP contribution in [0.25, 0.3) is 10.9 Å². The Kier molecular flexibility index (Phi) is 4.37. The van der Waals surface area contributed by atoms with Crippen LogP contribution >= 0.6 is 11.6 Å². The van der Waals surface area contributed by atoms with Crippen LogP contribution in [0, 0.1) is 5.92 Å². The number of aromatic nitrogens is 1. The molecule has 5 heteroatoms. The lowest BCUT2D eigenvalue weighted by Crippen LogP contribution is -2.66. The van der Waals surface area contributed by atoms with Crippen molar-refractivity contribution in [1.82, 2.24) is 9.88 Å². The Bertz CT molecular complexity index is 1180. The number of phenols is 1. The smallest absolute Gasteiger partial charge is 0.115 e. The molecule has 3 aliphatic rings. The van der Waals surface area contributed by atoms with Crippen molar-refractivity contribution in [1.29, 1.82) is 0 Å². The fourth-order valence-electron chi connectivity index (χ4n) is 5.93. The highest BCUT2D eigenvalue weighted by Gasteiger charge is 2.57. The lowest BCUT2D eigenvalue weighted by Gasteiger charge is -2.56. The molecule has 0 unspecified atom stereocenters. The molecule has 160 valence electrons. The molecule has 2 heterocycles. The third-order valence-corrected chi connectivity index (χ3v) is 7.98. The molecule has 2 aliphatic carbocycles. The van der Waals surface area contributed by atoms with Crippen molar-refractivity contribution in [3.63, 3.8) is 0 Å². The van der Waals surface area contributed by atoms with E-state index in [0.29, 0.717) is 24.4 Å². The highest BCUT2D eigenvalue weighted by Crippen LogP contribution is 2.51. The number of halogens is 1. The van der Waals surface area contributed by atoms with Crippen molar-refractivity contribution in [2.45, 2.75) is 43.1 Å². The normalized spacial score (nSPS) is 28.3. The summed E-state index contributed by atoms with van der Waals surface area (Å²) in [5.74, 6) is 1.04. The number of hydrogen-bond donors (Lipinski definition) is 2. The lowest BCUT2D eigenvalue weighted by atomic mass is 9.56. The highest BCUT2D eigenvalue weighted by molar-refractivity contribution is 6.31. The molecule has 1 aromatic heterocycles. The Morgan fingerprint density at radius 3 is 2.77 bits per heavy atom. The number of piperidine rings is 1. The lowest BCUT2D eigenvalue weighted by molar-refractivity contribution is -0.104. The summed E-state index contributed by atoms with van der Waals surface area (Å²) >= 11 is 6.22. The zero-order valence-electron chi connectivity index (χ0n) is 17.5. The molecule has 2 atom stereocenters. The molecule has 1 saturated heterocycles. The SMILES string of the molecule is Oc1cccc([C@@]23CCN(CC4CC4)C[C@@]2(O)Cc2cc4ccc(Cl)cc4nc2C3)c1. The van der Waals surface area contributed by atoms with Gasteiger partial charge in [0.15, 0.2) is 0 Å². The summed E-state index contributed by atoms with van der Waals surface area (Å²) in [7, 11) is 0. The summed E-state index contributed by atoms with van der Waals surface area (Å²) in [5, 5.41) is 24.3. The van der Waals surface area contributed by atoms with Crippen molar-refractivity contribution < 1.29 is 10.2 Å². The Balaban J connectivity index is 1.48. The summed E-state index contributed by atoms with van der Waals surface area (Å²) < 4.78 is 0. The van der Waals surface area contributed by atoms with Gasteiger partial charge in [-0.15, -0.1) is 0 Å². The second kappa shape index (κ2) is 6.93. The average molecular weight is 435 g/mol. The number of fused-ring (bicyclic) bond motifs is 3. The van der Waals surface area contributed by atoms with E-state index in [4.69, 9.17) is 16.6 Å². The number of aliphatic hydroxyl groups is 1. The molecule has 3 aromatic rings. The van der Waals surface area contributed by atoms with Gasteiger partial charge in [-0.3, -0.25) is 4.98 Å². The summed E-state index contributed by atoms with van der Waals surface area (Å²) in [4.78, 5) is 7.45. The van der Waals surface area contributed by atoms with Gasteiger partial charge in [0.05, 0.1) is 11.1 Å². The van der Waals surface area contributed by atoms with Crippen molar-refractivity contribution in [2.24, 2.45) is 5.92 Å². The zero-order chi connectivity index (χ0) is 21.2. The van der Waals surface area contributed by atoms with E-state index in [0.717, 1.165) is 53.2 Å². The van der Waals surface area contributed by atoms with Gasteiger partial charge >= 0.3 is 0 Å². The fraction of sp³-hybridized carbons (Fsp3) is 0.423. The van der Waals surface area contributed by atoms with Crippen LogP contribution < -0.4 is 0 Å². The van der Waals surface area contributed by atoms with E-state index in [1.165, 1.54) is 12.8 Å². The van der Waals surface area contributed by atoms with Gasteiger partial charge in [0.25, 0.3) is 0 Å². The van der Waals surface area contributed by atoms with E-state index < -0.39 is 11.0 Å². The van der Waals surface area contributed by atoms with Gasteiger partial charge in [-0.2, -0.15) is 0 Å². The number of pyridine rings is 1. The zero-order valence-corrected chi connectivity index (χ0v) is 18.3. The van der Waals surface area contributed by atoms with Crippen molar-refractivity contribution in [3.8, 4) is 5.75 Å². The van der Waals surface area contributed by atoms with Crippen LogP contribution in [0.2, 0.25) is 5.02 Å². The van der Waals surface area contributed by atoms with Crippen LogP contribution in [0.1, 0.15) is 36.1 Å². The number of likely N-dealkylation sites (tertiary alicyclic amines) is 1. The molecule has 4 nitrogen and oxygen atoms in total. The van der Waals surface area contributed by atoms with Crippen molar-refractivity contribution >= 4 is 22.5 Å². The third-order valence-electron chi connectivity index (χ3n) is 7.74. The number of benzene rings is 2. The first-order chi connectivity index (χ1) is 14.9. The molecule has 0 spiro atoms. The minimum atomic E-state index is -0.900. The number of rotatable bonds is 3. The number of aromatic hydroxyl groups is 1. The predicted molar refractivity (Wildman–Crippen MR) is 123 cm³/mol. The first-order valence-corrected chi connectivity index (χ1v) is 11.6. The van der Waals surface area contributed by atoms with Gasteiger partial charge in [0.1, 0.15) is 5.75 Å². The molecule has 0 bridgehead atoms. The number of nitrogens with zero attached hydrogens (tertiary/aromatic N) is 2. The molecule has 1 saturated carbocycles. The van der Waals surface area contributed by atoms with Crippen molar-refractivity contribution in [3.05, 3.63) is 70.4 Å². The van der Waals surface area contributed by atoms with Gasteiger partial charge in [0.2, 0.25) is 0 Å². The molecule has 31 heavy (non-hydrogen) atoms. The maximum atomic E-state index is 12.3. The minimum absolute atomic E-state index is 0.249. The first kappa shape index (κ1) is 19.5. The predicted octanol–water partition coefficient (Wildman–Crippen LogP) is 4.48. The summed E-state index contributed by atoms with van der Waals surface area (Å²) in [5.41, 5.74) is 2.72. The molecular formula is C26H27ClN2O2. The first-order valence-electron chi connectivity index (χ1n) is 11.3. The van der Waals surface area contributed by atoms with Crippen LogP contribution in [-0.4, -0.2) is 45.3 Å². The van der Waals surface area contributed by atoms with Crippen molar-refractivity contribution in [2.75, 3.05) is 19.6 Å². The van der Waals surface area contributed by atoms with E-state index in [-0.39, 0.29) is 5.75 Å². The molecule has 2 fully saturated rings. The monoisotopic (exact) mass is 434 g/mol. The standard InChI is InChI=1S/C26H27ClN2O2/c27-21-7-6-18-10-19-13-26(31)16-29(15-17-4-5-17)9-8-25(26,14-24(19)28-23(18)12-21)20-2-1-3-22(30)11-20/h1-3,6-7,10-12,17,30-31H,4-5,8-9,13-16H2/t25-,26-/m0/s1. The highest BCUT2D eigenvalue weighted by atomic mass is 35.5. The van der Waals surface area contributed by atoms with E-state index in [1.54, 1.807) is 6.07 Å². The summed E-state index contributed by atoms with van der Waals surface area (Å²) in [6, 6.07) is 15.5. The quantitative estimate of drug-likeness (QED) is 0.638. The molecule has 2 N–H and O–H groups in total. The fourth-order valence-corrected chi connectivity index (χ4v) is 6.10. The summed E-state index contributed by atoms with van der Waals surface area (Å²) in [6.45, 7) is 2.71. The Morgan fingerprint density at radius 1 is 1.10 bits per heavy atom. The van der Waals surface area contributed by atoms with Crippen LogP contribution in [0.3, 0.4) is 0 Å². The Morgan fingerprint density at radius 2 is 1.97 bits per heavy atom. The second-order valence-electron chi connectivity index (χ2n) is 9.88. The molecule has 1 aliphatic heterocycles. The molecule has 0 radical (unpaired) electrons. The van der Waals surface area contributed by atoms with E-state index in [1.807, 2.05) is 30.3 Å². The molecule has 0 amide bonds. The number of β-amino-alcohol motifs (C(OH)–C–C–N with tert-alkyl or cyclic N) is 1. The van der Waals surface area contributed by atoms with Gasteiger partial charge in [-0.05, 0) is 73.2 Å². The van der Waals surface area contributed by atoms with Crippen LogP contribution in [-0.2, 0) is 18.3 Å². The summed E-state index contributed by atoms with van der Waals surface area (Å²) in [6.07, 6.45) is 4.73. The largest absolute Gasteiger partial charge is 0.508 e. The van der Waals surface area contributed by atoms with E-state index in [9.17, 15) is 10.2 Å². The van der Waals surface area contributed by atoms with Gasteiger partial charge < -0.3 is 15.1 Å². The topological polar surface area (TPSA) is 56.6 Å². The Labute approximate surface area is 187 Å². The number of phenolic OH excluding ortho intramolecular Hbond substituents is 1. The molecular weight excluding hydrogens is 408 g/mol. The minimum Gasteiger partial charge on any atom is -0.508 e. The van der Waals surface area contributed by atoms with Crippen LogP contribution in [0.5, 0.6) is 5.75 Å². The second-order valence-corrected chi connectivity index (χ2v) is 10.3. The van der Waals surface area contributed by atoms with Gasteiger partial charge in [-0.25, -0.2) is 0 Å². The molecule has 6 rings (SSSR count). The maximum Gasteiger partial charge on any atom is 0.115 e. The number of hydrogen-bond acceptors (Lipinski definition) is 4. The third kappa shape index (κ3) is 3.24. The Hall–Kier alpha value is -2.14. The van der Waals surface area contributed by atoms with E-state index >= 15 is 0 Å². The average Bonchev–Trinajstić information content (AvgIpc) is 3.54.